The minimum absolute atomic E-state index is 0.0970. The molecular formula is C19H13F5O. The third-order valence-electron chi connectivity index (χ3n) is 3.16. The van der Waals surface area contributed by atoms with Crippen LogP contribution in [0.3, 0.4) is 0 Å². The van der Waals surface area contributed by atoms with Crippen LogP contribution in [-0.2, 0) is 6.42 Å². The van der Waals surface area contributed by atoms with Gasteiger partial charge in [0.05, 0.1) is 0 Å². The number of allylic oxidation sites excluding steroid dienone is 1. The Morgan fingerprint density at radius 2 is 1.52 bits per heavy atom. The molecule has 0 fully saturated rings. The lowest BCUT2D eigenvalue weighted by atomic mass is 10.1. The Bertz CT molecular complexity index is 787. The molecule has 0 aliphatic carbocycles. The maximum absolute atomic E-state index is 13.6. The summed E-state index contributed by atoms with van der Waals surface area (Å²) in [6.45, 7) is 3.64. The molecule has 0 aliphatic rings. The van der Waals surface area contributed by atoms with Crippen molar-refractivity contribution < 1.29 is 26.7 Å². The molecule has 2 aromatic carbocycles. The molecule has 0 N–H and O–H groups in total. The fourth-order valence-electron chi connectivity index (χ4n) is 2.01. The second-order valence-electron chi connectivity index (χ2n) is 5.09. The number of aryl methyl sites for hydroxylation is 1. The van der Waals surface area contributed by atoms with Crippen LogP contribution in [0.2, 0.25) is 0 Å². The first-order chi connectivity index (χ1) is 11.8. The van der Waals surface area contributed by atoms with Gasteiger partial charge >= 0.3 is 6.36 Å². The van der Waals surface area contributed by atoms with Crippen molar-refractivity contribution in [2.75, 3.05) is 0 Å². The molecular weight excluding hydrogens is 339 g/mol. The molecule has 0 atom stereocenters. The van der Waals surface area contributed by atoms with Gasteiger partial charge in [-0.2, -0.15) is 0 Å². The van der Waals surface area contributed by atoms with E-state index in [2.05, 4.69) is 23.2 Å². The first kappa shape index (κ1) is 18.5. The molecule has 0 radical (unpaired) electrons. The van der Waals surface area contributed by atoms with Crippen molar-refractivity contribution >= 4 is 0 Å². The number of alkyl halides is 3. The second-order valence-corrected chi connectivity index (χ2v) is 5.09. The lowest BCUT2D eigenvalue weighted by Crippen LogP contribution is -2.19. The second kappa shape index (κ2) is 7.84. The van der Waals surface area contributed by atoms with Crippen molar-refractivity contribution in [3.05, 3.63) is 77.4 Å². The van der Waals surface area contributed by atoms with E-state index in [0.717, 1.165) is 18.4 Å². The van der Waals surface area contributed by atoms with Gasteiger partial charge in [0, 0.05) is 11.1 Å². The lowest BCUT2D eigenvalue weighted by molar-refractivity contribution is -0.276. The molecule has 0 unspecified atom stereocenters. The number of ether oxygens (including phenoxy) is 1. The van der Waals surface area contributed by atoms with E-state index < -0.39 is 23.7 Å². The van der Waals surface area contributed by atoms with E-state index in [0.29, 0.717) is 17.7 Å². The van der Waals surface area contributed by atoms with Crippen LogP contribution in [0.4, 0.5) is 22.0 Å². The van der Waals surface area contributed by atoms with E-state index >= 15 is 0 Å². The van der Waals surface area contributed by atoms with Gasteiger partial charge in [-0.05, 0) is 42.7 Å². The van der Waals surface area contributed by atoms with Gasteiger partial charge in [0.2, 0.25) is 5.75 Å². The maximum Gasteiger partial charge on any atom is 0.573 e. The Morgan fingerprint density at radius 1 is 0.960 bits per heavy atom. The summed E-state index contributed by atoms with van der Waals surface area (Å²) in [7, 11) is 0. The van der Waals surface area contributed by atoms with Crippen molar-refractivity contribution in [3.63, 3.8) is 0 Å². The molecule has 1 nitrogen and oxygen atoms in total. The molecule has 25 heavy (non-hydrogen) atoms. The van der Waals surface area contributed by atoms with Crippen LogP contribution in [0.15, 0.2) is 49.1 Å². The summed E-state index contributed by atoms with van der Waals surface area (Å²) in [6, 6.07) is 8.62. The molecule has 0 saturated carbocycles. The molecule has 2 rings (SSSR count). The van der Waals surface area contributed by atoms with Crippen LogP contribution < -0.4 is 4.74 Å². The Hall–Kier alpha value is -2.81. The fraction of sp³-hybridized carbons (Fsp3) is 0.158. The van der Waals surface area contributed by atoms with Gasteiger partial charge in [-0.1, -0.05) is 30.0 Å². The molecule has 0 bridgehead atoms. The number of hydrogen-bond acceptors (Lipinski definition) is 1. The fourth-order valence-corrected chi connectivity index (χ4v) is 2.01. The molecule has 0 spiro atoms. The average Bonchev–Trinajstić information content (AvgIpc) is 2.54. The van der Waals surface area contributed by atoms with Crippen LogP contribution in [0.25, 0.3) is 0 Å². The summed E-state index contributed by atoms with van der Waals surface area (Å²) in [6.07, 6.45) is -1.69. The molecule has 0 aliphatic heterocycles. The largest absolute Gasteiger partial charge is 0.573 e. The van der Waals surface area contributed by atoms with Gasteiger partial charge in [-0.15, -0.1) is 19.8 Å². The highest BCUT2D eigenvalue weighted by molar-refractivity contribution is 5.45. The highest BCUT2D eigenvalue weighted by Crippen LogP contribution is 2.29. The summed E-state index contributed by atoms with van der Waals surface area (Å²) < 4.78 is 66.8. The zero-order valence-corrected chi connectivity index (χ0v) is 13.0. The third kappa shape index (κ3) is 5.64. The van der Waals surface area contributed by atoms with Crippen LogP contribution in [0.5, 0.6) is 5.75 Å². The Labute approximate surface area is 141 Å². The quantitative estimate of drug-likeness (QED) is 0.408. The number of halogens is 5. The van der Waals surface area contributed by atoms with E-state index in [9.17, 15) is 22.0 Å². The molecule has 0 heterocycles. The van der Waals surface area contributed by atoms with Gasteiger partial charge in [-0.3, -0.25) is 0 Å². The van der Waals surface area contributed by atoms with Crippen molar-refractivity contribution in [2.45, 2.75) is 19.2 Å². The predicted molar refractivity (Wildman–Crippen MR) is 84.0 cm³/mol. The zero-order valence-electron chi connectivity index (χ0n) is 13.0. The summed E-state index contributed by atoms with van der Waals surface area (Å²) in [5.74, 6) is 0.775. The SMILES string of the molecule is C=CCCc1ccc(C#Cc2cc(F)c(OC(F)(F)F)c(F)c2)cc1. The zero-order chi connectivity index (χ0) is 18.4. The normalized spacial score (nSPS) is 10.8. The minimum atomic E-state index is -5.18. The molecule has 130 valence electrons. The van der Waals surface area contributed by atoms with Crippen LogP contribution in [0, 0.1) is 23.5 Å². The number of benzene rings is 2. The van der Waals surface area contributed by atoms with E-state index in [1.54, 1.807) is 12.1 Å². The van der Waals surface area contributed by atoms with Crippen LogP contribution in [0.1, 0.15) is 23.1 Å². The van der Waals surface area contributed by atoms with E-state index in [-0.39, 0.29) is 5.56 Å². The number of hydrogen-bond donors (Lipinski definition) is 0. The Kier molecular flexibility index (Phi) is 5.81. The smallest absolute Gasteiger partial charge is 0.399 e. The van der Waals surface area contributed by atoms with Crippen LogP contribution in [-0.4, -0.2) is 6.36 Å². The Morgan fingerprint density at radius 3 is 2.04 bits per heavy atom. The van der Waals surface area contributed by atoms with Gasteiger partial charge in [0.25, 0.3) is 0 Å². The minimum Gasteiger partial charge on any atom is -0.399 e. The first-order valence-corrected chi connectivity index (χ1v) is 7.25. The molecule has 0 aromatic heterocycles. The van der Waals surface area contributed by atoms with Gasteiger partial charge in [0.15, 0.2) is 11.6 Å². The Balaban J connectivity index is 2.18. The maximum atomic E-state index is 13.6. The van der Waals surface area contributed by atoms with Crippen molar-refractivity contribution in [3.8, 4) is 17.6 Å². The van der Waals surface area contributed by atoms with E-state index in [1.807, 2.05) is 18.2 Å². The molecule has 0 amide bonds. The number of rotatable bonds is 4. The monoisotopic (exact) mass is 352 g/mol. The van der Waals surface area contributed by atoms with Gasteiger partial charge in [-0.25, -0.2) is 8.78 Å². The predicted octanol–water partition coefficient (Wildman–Crippen LogP) is 5.38. The molecule has 2 aromatic rings. The highest BCUT2D eigenvalue weighted by Gasteiger charge is 2.34. The lowest BCUT2D eigenvalue weighted by Gasteiger charge is -2.10. The summed E-state index contributed by atoms with van der Waals surface area (Å²) in [4.78, 5) is 0. The summed E-state index contributed by atoms with van der Waals surface area (Å²) in [5.41, 5.74) is 1.61. The highest BCUT2D eigenvalue weighted by atomic mass is 19.4. The van der Waals surface area contributed by atoms with Crippen molar-refractivity contribution in [1.82, 2.24) is 0 Å². The first-order valence-electron chi connectivity index (χ1n) is 7.25. The van der Waals surface area contributed by atoms with E-state index in [1.165, 1.54) is 0 Å². The average molecular weight is 352 g/mol. The third-order valence-corrected chi connectivity index (χ3v) is 3.16. The summed E-state index contributed by atoms with van der Waals surface area (Å²) >= 11 is 0. The van der Waals surface area contributed by atoms with Crippen LogP contribution >= 0.6 is 0 Å². The standard InChI is InChI=1S/C19H13F5O/c1-2-3-4-13-5-7-14(8-6-13)9-10-15-11-16(20)18(17(21)12-15)25-19(22,23)24/h2,5-8,11-12H,1,3-4H2. The van der Waals surface area contributed by atoms with E-state index in [4.69, 9.17) is 0 Å². The van der Waals surface area contributed by atoms with Gasteiger partial charge in [0.1, 0.15) is 0 Å². The van der Waals surface area contributed by atoms with Crippen molar-refractivity contribution in [2.24, 2.45) is 0 Å². The molecule has 6 heteroatoms. The molecule has 0 saturated heterocycles. The topological polar surface area (TPSA) is 9.23 Å². The van der Waals surface area contributed by atoms with Crippen molar-refractivity contribution in [1.29, 1.82) is 0 Å². The van der Waals surface area contributed by atoms with Gasteiger partial charge < -0.3 is 4.74 Å². The summed E-state index contributed by atoms with van der Waals surface area (Å²) in [5, 5.41) is 0.